The highest BCUT2D eigenvalue weighted by atomic mass is 32.1. The number of nitrogens with zero attached hydrogens (tertiary/aromatic N) is 1. The van der Waals surface area contributed by atoms with Crippen LogP contribution < -0.4 is 10.6 Å². The van der Waals surface area contributed by atoms with E-state index < -0.39 is 0 Å². The molecule has 2 heterocycles. The van der Waals surface area contributed by atoms with Gasteiger partial charge in [0.25, 0.3) is 0 Å². The number of amides is 1. The van der Waals surface area contributed by atoms with Crippen molar-refractivity contribution >= 4 is 33.1 Å². The van der Waals surface area contributed by atoms with Crippen LogP contribution in [0.15, 0.2) is 12.1 Å². The second kappa shape index (κ2) is 7.31. The quantitative estimate of drug-likeness (QED) is 0.837. The molecule has 0 aliphatic carbocycles. The second-order valence-corrected chi connectivity index (χ2v) is 5.72. The van der Waals surface area contributed by atoms with Crippen LogP contribution in [0.5, 0.6) is 0 Å². The van der Waals surface area contributed by atoms with Gasteiger partial charge < -0.3 is 10.6 Å². The molecule has 1 aliphatic heterocycles. The highest BCUT2D eigenvalue weighted by Crippen LogP contribution is 2.28. The molecule has 0 bridgehead atoms. The molecule has 2 N–H and O–H groups in total. The van der Waals surface area contributed by atoms with Gasteiger partial charge >= 0.3 is 0 Å². The van der Waals surface area contributed by atoms with Crippen LogP contribution in [0.1, 0.15) is 24.8 Å². The van der Waals surface area contributed by atoms with Crippen LogP contribution in [0.25, 0.3) is 10.2 Å². The van der Waals surface area contributed by atoms with Gasteiger partial charge in [0.15, 0.2) is 10.9 Å². The first-order valence-corrected chi connectivity index (χ1v) is 7.50. The Morgan fingerprint density at radius 2 is 2.10 bits per heavy atom. The number of nitrogens with one attached hydrogen (secondary N) is 2. The van der Waals surface area contributed by atoms with E-state index in [9.17, 15) is 9.18 Å². The van der Waals surface area contributed by atoms with Crippen molar-refractivity contribution < 1.29 is 9.18 Å². The van der Waals surface area contributed by atoms with Gasteiger partial charge in [0.2, 0.25) is 6.41 Å². The lowest BCUT2D eigenvalue weighted by molar-refractivity contribution is -0.105. The number of aromatic nitrogens is 1. The zero-order chi connectivity index (χ0) is 14.4. The van der Waals surface area contributed by atoms with E-state index in [0.717, 1.165) is 10.3 Å². The Morgan fingerprint density at radius 1 is 1.35 bits per heavy atom. The summed E-state index contributed by atoms with van der Waals surface area (Å²) in [7, 11) is 0. The molecule has 0 radical (unpaired) electrons. The Hall–Kier alpha value is -1.53. The van der Waals surface area contributed by atoms with Crippen molar-refractivity contribution in [2.75, 3.05) is 18.4 Å². The summed E-state index contributed by atoms with van der Waals surface area (Å²) in [5, 5.41) is 6.10. The van der Waals surface area contributed by atoms with Crippen LogP contribution in [-0.4, -0.2) is 24.5 Å². The molecule has 0 atom stereocenters. The summed E-state index contributed by atoms with van der Waals surface area (Å²) in [6.07, 6.45) is 4.75. The molecular formula is C14H18FN3OS. The molecule has 1 aromatic heterocycles. The Morgan fingerprint density at radius 3 is 2.65 bits per heavy atom. The number of thiazole rings is 1. The maximum absolute atomic E-state index is 13.3. The van der Waals surface area contributed by atoms with Crippen molar-refractivity contribution in [1.82, 2.24) is 10.3 Å². The number of piperidine rings is 1. The third-order valence-electron chi connectivity index (χ3n) is 2.98. The van der Waals surface area contributed by atoms with Gasteiger partial charge in [-0.25, -0.2) is 9.37 Å². The minimum atomic E-state index is -0.352. The average Bonchev–Trinajstić information content (AvgIpc) is 2.85. The highest BCUT2D eigenvalue weighted by Gasteiger charge is 2.08. The number of benzene rings is 1. The number of halogens is 1. The smallest absolute Gasteiger partial charge is 0.213 e. The van der Waals surface area contributed by atoms with Crippen molar-refractivity contribution in [2.45, 2.75) is 26.2 Å². The number of aryl methyl sites for hydroxylation is 1. The normalized spacial score (nSPS) is 14.5. The number of rotatable bonds is 2. The van der Waals surface area contributed by atoms with Crippen LogP contribution in [0, 0.1) is 12.7 Å². The van der Waals surface area contributed by atoms with E-state index in [1.807, 2.05) is 13.0 Å². The standard InChI is InChI=1S/C9H7FN2OS.C5H11N/c1-5-2-6(10)8-7(3-5)14-9(12-8)11-4-13;1-2-4-6-5-3-1/h2-4H,1H3,(H,11,12,13);6H,1-5H2. The van der Waals surface area contributed by atoms with Gasteiger partial charge in [0.05, 0.1) is 4.70 Å². The summed E-state index contributed by atoms with van der Waals surface area (Å²) in [6, 6.07) is 3.26. The fraction of sp³-hybridized carbons (Fsp3) is 0.429. The molecule has 2 aromatic rings. The predicted molar refractivity (Wildman–Crippen MR) is 80.7 cm³/mol. The Balaban J connectivity index is 0.000000205. The number of hydrogen-bond acceptors (Lipinski definition) is 4. The maximum Gasteiger partial charge on any atom is 0.213 e. The molecule has 4 nitrogen and oxygen atoms in total. The number of fused-ring (bicyclic) bond motifs is 1. The second-order valence-electron chi connectivity index (χ2n) is 4.69. The van der Waals surface area contributed by atoms with Gasteiger partial charge in [0.1, 0.15) is 5.52 Å². The van der Waals surface area contributed by atoms with Crippen molar-refractivity contribution in [1.29, 1.82) is 0 Å². The molecule has 6 heteroatoms. The first kappa shape index (κ1) is 14.9. The third-order valence-corrected chi connectivity index (χ3v) is 3.92. The fourth-order valence-electron chi connectivity index (χ4n) is 2.03. The number of carbonyl (C=O) groups is 1. The largest absolute Gasteiger partial charge is 0.317 e. The van der Waals surface area contributed by atoms with Crippen LogP contribution in [-0.2, 0) is 4.79 Å². The molecule has 1 aromatic carbocycles. The fourth-order valence-corrected chi connectivity index (χ4v) is 2.97. The highest BCUT2D eigenvalue weighted by molar-refractivity contribution is 7.22. The van der Waals surface area contributed by atoms with Crippen molar-refractivity contribution in [3.05, 3.63) is 23.5 Å². The van der Waals surface area contributed by atoms with Crippen molar-refractivity contribution in [3.63, 3.8) is 0 Å². The van der Waals surface area contributed by atoms with E-state index in [4.69, 9.17) is 0 Å². The van der Waals surface area contributed by atoms with Gasteiger partial charge in [0, 0.05) is 0 Å². The number of hydrogen-bond donors (Lipinski definition) is 2. The first-order chi connectivity index (χ1) is 9.70. The van der Waals surface area contributed by atoms with E-state index in [1.54, 1.807) is 0 Å². The molecule has 3 rings (SSSR count). The SMILES string of the molecule is C1CCNCC1.Cc1cc(F)c2nc(NC=O)sc2c1. The van der Waals surface area contributed by atoms with Crippen molar-refractivity contribution in [2.24, 2.45) is 0 Å². The summed E-state index contributed by atoms with van der Waals surface area (Å²) in [4.78, 5) is 14.1. The summed E-state index contributed by atoms with van der Waals surface area (Å²) in [5.41, 5.74) is 1.15. The minimum absolute atomic E-state index is 0.310. The van der Waals surface area contributed by atoms with Gasteiger partial charge in [-0.2, -0.15) is 0 Å². The zero-order valence-electron chi connectivity index (χ0n) is 11.4. The van der Waals surface area contributed by atoms with E-state index >= 15 is 0 Å². The van der Waals surface area contributed by atoms with Crippen LogP contribution >= 0.6 is 11.3 Å². The van der Waals surface area contributed by atoms with Gasteiger partial charge in [-0.3, -0.25) is 4.79 Å². The molecule has 108 valence electrons. The third kappa shape index (κ3) is 3.98. The van der Waals surface area contributed by atoms with E-state index in [-0.39, 0.29) is 5.82 Å². The molecule has 0 spiro atoms. The van der Waals surface area contributed by atoms with Crippen LogP contribution in [0.2, 0.25) is 0 Å². The summed E-state index contributed by atoms with van der Waals surface area (Å²) in [6.45, 7) is 4.31. The summed E-state index contributed by atoms with van der Waals surface area (Å²) < 4.78 is 14.1. The van der Waals surface area contributed by atoms with Crippen LogP contribution in [0.4, 0.5) is 9.52 Å². The van der Waals surface area contributed by atoms with E-state index in [1.165, 1.54) is 49.8 Å². The number of carbonyl (C=O) groups excluding carboxylic acids is 1. The Bertz CT molecular complexity index is 570. The van der Waals surface area contributed by atoms with Gasteiger partial charge in [-0.05, 0) is 50.6 Å². The molecule has 0 unspecified atom stereocenters. The molecule has 1 amide bonds. The Kier molecular flexibility index (Phi) is 5.43. The molecule has 20 heavy (non-hydrogen) atoms. The molecule has 1 aliphatic rings. The van der Waals surface area contributed by atoms with E-state index in [2.05, 4.69) is 15.6 Å². The molecular weight excluding hydrogens is 277 g/mol. The zero-order valence-corrected chi connectivity index (χ0v) is 12.2. The monoisotopic (exact) mass is 295 g/mol. The maximum atomic E-state index is 13.3. The van der Waals surface area contributed by atoms with Crippen molar-refractivity contribution in [3.8, 4) is 0 Å². The summed E-state index contributed by atoms with van der Waals surface area (Å²) >= 11 is 1.26. The minimum Gasteiger partial charge on any atom is -0.317 e. The van der Waals surface area contributed by atoms with Gasteiger partial charge in [-0.15, -0.1) is 0 Å². The first-order valence-electron chi connectivity index (χ1n) is 6.68. The number of anilines is 1. The lowest BCUT2D eigenvalue weighted by Crippen LogP contribution is -2.21. The predicted octanol–water partition coefficient (Wildman–Crippen LogP) is 3.07. The van der Waals surface area contributed by atoms with Gasteiger partial charge in [-0.1, -0.05) is 17.8 Å². The lowest BCUT2D eigenvalue weighted by Gasteiger charge is -2.08. The van der Waals surface area contributed by atoms with Crippen LogP contribution in [0.3, 0.4) is 0 Å². The average molecular weight is 295 g/mol. The summed E-state index contributed by atoms with van der Waals surface area (Å²) in [5.74, 6) is -0.352. The lowest BCUT2D eigenvalue weighted by atomic mass is 10.2. The topological polar surface area (TPSA) is 54.0 Å². The Labute approximate surface area is 121 Å². The van der Waals surface area contributed by atoms with E-state index in [0.29, 0.717) is 17.1 Å². The molecule has 0 saturated carbocycles. The molecule has 1 fully saturated rings. The molecule has 1 saturated heterocycles.